The molecule has 0 spiro atoms. The van der Waals surface area contributed by atoms with Crippen LogP contribution in [0.2, 0.25) is 5.02 Å². The summed E-state index contributed by atoms with van der Waals surface area (Å²) in [6.07, 6.45) is 2.55. The number of rotatable bonds is 8. The Kier molecular flexibility index (Phi) is 6.51. The van der Waals surface area contributed by atoms with Gasteiger partial charge < -0.3 is 19.3 Å². The molecular formula is C18H17ClO5. The number of aliphatic carboxylic acids is 1. The number of benzene rings is 2. The highest BCUT2D eigenvalue weighted by Crippen LogP contribution is 2.28. The largest absolute Gasteiger partial charge is 0.493 e. The molecule has 2 rings (SSSR count). The van der Waals surface area contributed by atoms with Gasteiger partial charge in [0.15, 0.2) is 11.5 Å². The summed E-state index contributed by atoms with van der Waals surface area (Å²) in [5, 5.41) is 9.30. The predicted molar refractivity (Wildman–Crippen MR) is 92.1 cm³/mol. The number of carbonyl (C=O) groups is 1. The summed E-state index contributed by atoms with van der Waals surface area (Å²) in [7, 11) is 1.52. The van der Waals surface area contributed by atoms with E-state index < -0.39 is 5.97 Å². The number of hydrogen-bond donors (Lipinski definition) is 1. The van der Waals surface area contributed by atoms with Gasteiger partial charge in [-0.05, 0) is 48.0 Å². The lowest BCUT2D eigenvalue weighted by Gasteiger charge is -2.12. The van der Waals surface area contributed by atoms with Gasteiger partial charge in [-0.15, -0.1) is 0 Å². The zero-order valence-electron chi connectivity index (χ0n) is 13.1. The third-order valence-electron chi connectivity index (χ3n) is 3.03. The number of halogens is 1. The fraction of sp³-hybridized carbons (Fsp3) is 0.167. The van der Waals surface area contributed by atoms with Crippen LogP contribution in [-0.2, 0) is 4.79 Å². The molecule has 0 atom stereocenters. The third-order valence-corrected chi connectivity index (χ3v) is 3.28. The van der Waals surface area contributed by atoms with Crippen LogP contribution in [0.1, 0.15) is 5.56 Å². The Morgan fingerprint density at radius 2 is 1.79 bits per heavy atom. The number of carboxylic acids is 1. The van der Waals surface area contributed by atoms with Gasteiger partial charge in [-0.3, -0.25) is 0 Å². The third kappa shape index (κ3) is 5.52. The van der Waals surface area contributed by atoms with E-state index in [0.29, 0.717) is 41.0 Å². The fourth-order valence-corrected chi connectivity index (χ4v) is 2.04. The highest BCUT2D eigenvalue weighted by atomic mass is 35.5. The van der Waals surface area contributed by atoms with E-state index in [4.69, 9.17) is 30.9 Å². The van der Waals surface area contributed by atoms with E-state index in [2.05, 4.69) is 0 Å². The van der Waals surface area contributed by atoms with E-state index in [1.165, 1.54) is 13.2 Å². The van der Waals surface area contributed by atoms with E-state index in [1.54, 1.807) is 42.5 Å². The molecule has 24 heavy (non-hydrogen) atoms. The van der Waals surface area contributed by atoms with E-state index >= 15 is 0 Å². The Morgan fingerprint density at radius 3 is 2.46 bits per heavy atom. The average Bonchev–Trinajstić information content (AvgIpc) is 2.59. The van der Waals surface area contributed by atoms with E-state index in [9.17, 15) is 4.79 Å². The molecule has 0 aliphatic carbocycles. The van der Waals surface area contributed by atoms with E-state index in [-0.39, 0.29) is 0 Å². The lowest BCUT2D eigenvalue weighted by Crippen LogP contribution is -2.09. The number of methoxy groups -OCH3 is 1. The Balaban J connectivity index is 1.89. The second-order valence-corrected chi connectivity index (χ2v) is 5.17. The molecule has 0 fully saturated rings. The van der Waals surface area contributed by atoms with Gasteiger partial charge in [0.05, 0.1) is 7.11 Å². The molecule has 0 aliphatic heterocycles. The molecule has 0 aliphatic rings. The maximum absolute atomic E-state index is 10.5. The predicted octanol–water partition coefficient (Wildman–Crippen LogP) is 3.90. The number of hydrogen-bond acceptors (Lipinski definition) is 4. The van der Waals surface area contributed by atoms with Crippen molar-refractivity contribution in [2.75, 3.05) is 20.3 Å². The lowest BCUT2D eigenvalue weighted by atomic mass is 10.2. The van der Waals surface area contributed by atoms with Crippen molar-refractivity contribution < 1.29 is 24.1 Å². The summed E-state index contributed by atoms with van der Waals surface area (Å²) in [6, 6.07) is 12.3. The van der Waals surface area contributed by atoms with Gasteiger partial charge in [-0.2, -0.15) is 0 Å². The van der Waals surface area contributed by atoms with Crippen molar-refractivity contribution >= 4 is 23.6 Å². The first kappa shape index (κ1) is 17.7. The molecule has 0 saturated carbocycles. The Bertz CT molecular complexity index is 710. The molecule has 0 unspecified atom stereocenters. The van der Waals surface area contributed by atoms with Crippen LogP contribution in [0.5, 0.6) is 17.2 Å². The minimum Gasteiger partial charge on any atom is -0.493 e. The molecule has 6 heteroatoms. The Labute approximate surface area is 145 Å². The molecule has 0 bridgehead atoms. The van der Waals surface area contributed by atoms with Crippen molar-refractivity contribution in [3.8, 4) is 17.2 Å². The van der Waals surface area contributed by atoms with Crippen LogP contribution in [0.25, 0.3) is 6.08 Å². The first-order valence-corrected chi connectivity index (χ1v) is 7.56. The molecule has 2 aromatic carbocycles. The molecular weight excluding hydrogens is 332 g/mol. The maximum atomic E-state index is 10.5. The Morgan fingerprint density at radius 1 is 1.08 bits per heavy atom. The van der Waals surface area contributed by atoms with Crippen LogP contribution >= 0.6 is 11.6 Å². The van der Waals surface area contributed by atoms with Gasteiger partial charge in [0.2, 0.25) is 0 Å². The number of ether oxygens (including phenoxy) is 3. The zero-order chi connectivity index (χ0) is 17.4. The minimum absolute atomic E-state index is 0.337. The molecule has 5 nitrogen and oxygen atoms in total. The first-order chi connectivity index (χ1) is 11.6. The lowest BCUT2D eigenvalue weighted by molar-refractivity contribution is -0.131. The monoisotopic (exact) mass is 348 g/mol. The standard InChI is InChI=1S/C18H17ClO5/c1-22-17-12-13(3-9-18(20)21)2-8-16(17)24-11-10-23-15-6-4-14(19)5-7-15/h2-9,12H,10-11H2,1H3,(H,20,21). The molecule has 0 amide bonds. The van der Waals surface area contributed by atoms with Crippen LogP contribution in [0.4, 0.5) is 0 Å². The van der Waals surface area contributed by atoms with Crippen LogP contribution in [0.3, 0.4) is 0 Å². The molecule has 0 aromatic heterocycles. The van der Waals surface area contributed by atoms with Gasteiger partial charge in [-0.1, -0.05) is 17.7 Å². The summed E-state index contributed by atoms with van der Waals surface area (Å²) in [5.74, 6) is 0.788. The van der Waals surface area contributed by atoms with Gasteiger partial charge in [0.25, 0.3) is 0 Å². The molecule has 0 saturated heterocycles. The first-order valence-electron chi connectivity index (χ1n) is 7.18. The molecule has 0 heterocycles. The molecule has 2 aromatic rings. The summed E-state index contributed by atoms with van der Waals surface area (Å²) < 4.78 is 16.4. The van der Waals surface area contributed by atoms with Crippen LogP contribution < -0.4 is 14.2 Å². The van der Waals surface area contributed by atoms with E-state index in [1.807, 2.05) is 0 Å². The quantitative estimate of drug-likeness (QED) is 0.579. The highest BCUT2D eigenvalue weighted by molar-refractivity contribution is 6.30. The van der Waals surface area contributed by atoms with Crippen molar-refractivity contribution in [3.05, 3.63) is 59.1 Å². The van der Waals surface area contributed by atoms with Gasteiger partial charge in [0, 0.05) is 11.1 Å². The fourth-order valence-electron chi connectivity index (χ4n) is 1.92. The van der Waals surface area contributed by atoms with Crippen molar-refractivity contribution in [1.82, 2.24) is 0 Å². The minimum atomic E-state index is -1.01. The second-order valence-electron chi connectivity index (χ2n) is 4.73. The van der Waals surface area contributed by atoms with Crippen molar-refractivity contribution in [3.63, 3.8) is 0 Å². The summed E-state index contributed by atoms with van der Waals surface area (Å²) in [5.41, 5.74) is 0.707. The van der Waals surface area contributed by atoms with Gasteiger partial charge >= 0.3 is 5.97 Å². The SMILES string of the molecule is COc1cc(C=CC(=O)O)ccc1OCCOc1ccc(Cl)cc1. The highest BCUT2D eigenvalue weighted by Gasteiger charge is 2.05. The van der Waals surface area contributed by atoms with Gasteiger partial charge in [0.1, 0.15) is 19.0 Å². The normalized spacial score (nSPS) is 10.6. The number of carboxylic acid groups (broad SMARTS) is 1. The average molecular weight is 349 g/mol. The van der Waals surface area contributed by atoms with Crippen LogP contribution in [-0.4, -0.2) is 31.4 Å². The summed E-state index contributed by atoms with van der Waals surface area (Å²) >= 11 is 5.81. The van der Waals surface area contributed by atoms with Gasteiger partial charge in [-0.25, -0.2) is 4.79 Å². The topological polar surface area (TPSA) is 65.0 Å². The molecule has 0 radical (unpaired) electrons. The van der Waals surface area contributed by atoms with Crippen LogP contribution in [0, 0.1) is 0 Å². The molecule has 1 N–H and O–H groups in total. The van der Waals surface area contributed by atoms with E-state index in [0.717, 1.165) is 6.08 Å². The second kappa shape index (κ2) is 8.84. The zero-order valence-corrected chi connectivity index (χ0v) is 13.8. The van der Waals surface area contributed by atoms with Crippen molar-refractivity contribution in [2.45, 2.75) is 0 Å². The maximum Gasteiger partial charge on any atom is 0.328 e. The molecule has 126 valence electrons. The van der Waals surface area contributed by atoms with Crippen molar-refractivity contribution in [1.29, 1.82) is 0 Å². The van der Waals surface area contributed by atoms with Crippen LogP contribution in [0.15, 0.2) is 48.5 Å². The smallest absolute Gasteiger partial charge is 0.328 e. The summed E-state index contributed by atoms with van der Waals surface area (Å²) in [6.45, 7) is 0.703. The Hall–Kier alpha value is -2.66. The summed E-state index contributed by atoms with van der Waals surface area (Å²) in [4.78, 5) is 10.5. The van der Waals surface area contributed by atoms with Crippen molar-refractivity contribution in [2.24, 2.45) is 0 Å².